The van der Waals surface area contributed by atoms with Gasteiger partial charge in [-0.3, -0.25) is 4.98 Å². The Morgan fingerprint density at radius 1 is 1.00 bits per heavy atom. The van der Waals surface area contributed by atoms with Crippen LogP contribution in [0.1, 0.15) is 33.6 Å². The number of rotatable bonds is 4. The Morgan fingerprint density at radius 3 is 2.52 bits per heavy atom. The molecular weight excluding hydrogens is 401 g/mol. The predicted octanol–water partition coefficient (Wildman–Crippen LogP) is 5.52. The summed E-state index contributed by atoms with van der Waals surface area (Å²) in [7, 11) is 0. The third-order valence-corrected chi connectivity index (χ3v) is 4.95. The molecule has 0 atom stereocenters. The first-order valence-electron chi connectivity index (χ1n) is 8.88. The van der Waals surface area contributed by atoms with Gasteiger partial charge in [-0.25, -0.2) is 9.97 Å². The molecule has 0 aliphatic carbocycles. The molecule has 29 heavy (non-hydrogen) atoms. The van der Waals surface area contributed by atoms with Gasteiger partial charge in [0.15, 0.2) is 0 Å². The van der Waals surface area contributed by atoms with Crippen molar-refractivity contribution in [3.05, 3.63) is 87.7 Å². The van der Waals surface area contributed by atoms with Gasteiger partial charge < -0.3 is 4.98 Å². The Labute approximate surface area is 169 Å². The average molecular weight is 417 g/mol. The van der Waals surface area contributed by atoms with E-state index >= 15 is 0 Å². The number of fused-ring (bicyclic) bond motifs is 1. The number of hydrogen-bond donors (Lipinski definition) is 1. The molecule has 0 aliphatic heterocycles. The highest BCUT2D eigenvalue weighted by molar-refractivity contribution is 6.30. The summed E-state index contributed by atoms with van der Waals surface area (Å²) in [5.74, 6) is 0. The van der Waals surface area contributed by atoms with Gasteiger partial charge in [-0.05, 0) is 47.4 Å². The number of nitrogens with zero attached hydrogens (tertiary/aromatic N) is 3. The topological polar surface area (TPSA) is 54.5 Å². The van der Waals surface area contributed by atoms with Crippen molar-refractivity contribution in [1.29, 1.82) is 0 Å². The first-order valence-corrected chi connectivity index (χ1v) is 9.26. The van der Waals surface area contributed by atoms with E-state index in [2.05, 4.69) is 26.0 Å². The van der Waals surface area contributed by atoms with Crippen LogP contribution in [0.5, 0.6) is 0 Å². The lowest BCUT2D eigenvalue weighted by atomic mass is 10.0. The fraction of sp³-hybridized carbons (Fsp3) is 0.190. The van der Waals surface area contributed by atoms with Crippen LogP contribution in [0.2, 0.25) is 5.15 Å². The van der Waals surface area contributed by atoms with Gasteiger partial charge in [0.1, 0.15) is 16.5 Å². The number of H-pyrrole nitrogens is 1. The molecule has 0 aromatic carbocycles. The van der Waals surface area contributed by atoms with Crippen LogP contribution in [0.25, 0.3) is 11.0 Å². The van der Waals surface area contributed by atoms with E-state index in [9.17, 15) is 13.2 Å². The number of aromatic nitrogens is 4. The van der Waals surface area contributed by atoms with Gasteiger partial charge in [0.25, 0.3) is 0 Å². The molecule has 0 bridgehead atoms. The Balaban J connectivity index is 1.52. The molecule has 1 N–H and O–H groups in total. The number of nitrogens with one attached hydrogen (secondary N) is 1. The molecule has 0 saturated heterocycles. The molecule has 0 fully saturated rings. The van der Waals surface area contributed by atoms with Crippen molar-refractivity contribution in [1.82, 2.24) is 19.9 Å². The number of alkyl halides is 3. The first-order chi connectivity index (χ1) is 13.8. The average Bonchev–Trinajstić information content (AvgIpc) is 3.05. The fourth-order valence-electron chi connectivity index (χ4n) is 3.15. The largest absolute Gasteiger partial charge is 0.433 e. The standard InChI is InChI=1S/C21H16ClF3N4/c1-12-6-17-15(11-28-20(17)27-9-12)8-14-3-4-16(29-19(14)22)7-13-2-5-18(26-10-13)21(23,24)25/h2-6,9-11H,7-8H2,1H3,(H,27,28). The molecule has 4 heterocycles. The highest BCUT2D eigenvalue weighted by atomic mass is 35.5. The Hall–Kier alpha value is -2.93. The molecule has 4 aromatic heterocycles. The summed E-state index contributed by atoms with van der Waals surface area (Å²) in [6.07, 6.45) is 1.43. The summed E-state index contributed by atoms with van der Waals surface area (Å²) in [6, 6.07) is 8.17. The molecule has 4 nitrogen and oxygen atoms in total. The van der Waals surface area contributed by atoms with Crippen LogP contribution in [0, 0.1) is 6.92 Å². The number of aromatic amines is 1. The highest BCUT2D eigenvalue weighted by Crippen LogP contribution is 2.28. The third kappa shape index (κ3) is 4.24. The Bertz CT molecular complexity index is 1170. The predicted molar refractivity (Wildman–Crippen MR) is 105 cm³/mol. The van der Waals surface area contributed by atoms with Crippen molar-refractivity contribution in [2.24, 2.45) is 0 Å². The number of halogens is 4. The molecule has 4 rings (SSSR count). The second-order valence-corrected chi connectivity index (χ2v) is 7.24. The molecule has 0 saturated carbocycles. The van der Waals surface area contributed by atoms with E-state index < -0.39 is 11.9 Å². The summed E-state index contributed by atoms with van der Waals surface area (Å²) in [6.45, 7) is 1.99. The lowest BCUT2D eigenvalue weighted by Crippen LogP contribution is -2.08. The molecule has 0 aliphatic rings. The van der Waals surface area contributed by atoms with E-state index in [4.69, 9.17) is 11.6 Å². The summed E-state index contributed by atoms with van der Waals surface area (Å²) in [4.78, 5) is 15.4. The van der Waals surface area contributed by atoms with Gasteiger partial charge in [-0.1, -0.05) is 23.7 Å². The quantitative estimate of drug-likeness (QED) is 0.446. The van der Waals surface area contributed by atoms with Gasteiger partial charge in [-0.2, -0.15) is 13.2 Å². The van der Waals surface area contributed by atoms with Gasteiger partial charge in [0, 0.05) is 42.5 Å². The maximum Gasteiger partial charge on any atom is 0.433 e. The normalized spacial score (nSPS) is 11.9. The Kier molecular flexibility index (Phi) is 5.00. The summed E-state index contributed by atoms with van der Waals surface area (Å²) in [5.41, 5.74) is 4.21. The second-order valence-electron chi connectivity index (χ2n) is 6.88. The Morgan fingerprint density at radius 2 is 1.83 bits per heavy atom. The lowest BCUT2D eigenvalue weighted by molar-refractivity contribution is -0.141. The summed E-state index contributed by atoms with van der Waals surface area (Å²) in [5, 5.41) is 1.42. The molecule has 0 amide bonds. The van der Waals surface area contributed by atoms with Crippen LogP contribution in [-0.2, 0) is 19.0 Å². The SMILES string of the molecule is Cc1cnc2[nH]cc(Cc3ccc(Cc4ccc(C(F)(F)F)nc4)nc3Cl)c2c1. The van der Waals surface area contributed by atoms with E-state index in [1.54, 1.807) is 0 Å². The van der Waals surface area contributed by atoms with E-state index in [-0.39, 0.29) is 0 Å². The second kappa shape index (κ2) is 7.48. The van der Waals surface area contributed by atoms with E-state index in [0.29, 0.717) is 29.3 Å². The van der Waals surface area contributed by atoms with Crippen LogP contribution in [0.4, 0.5) is 13.2 Å². The minimum Gasteiger partial charge on any atom is -0.346 e. The minimum atomic E-state index is -4.45. The van der Waals surface area contributed by atoms with Gasteiger partial charge in [-0.15, -0.1) is 0 Å². The van der Waals surface area contributed by atoms with Crippen molar-refractivity contribution < 1.29 is 13.2 Å². The van der Waals surface area contributed by atoms with Crippen LogP contribution < -0.4 is 0 Å². The van der Waals surface area contributed by atoms with Crippen LogP contribution in [0.3, 0.4) is 0 Å². The van der Waals surface area contributed by atoms with Crippen LogP contribution in [0.15, 0.2) is 48.9 Å². The summed E-state index contributed by atoms with van der Waals surface area (Å²) >= 11 is 6.38. The maximum atomic E-state index is 12.6. The van der Waals surface area contributed by atoms with Crippen LogP contribution >= 0.6 is 11.6 Å². The zero-order valence-corrected chi connectivity index (χ0v) is 16.1. The van der Waals surface area contributed by atoms with Gasteiger partial charge >= 0.3 is 6.18 Å². The molecular formula is C21H16ClF3N4. The van der Waals surface area contributed by atoms with Gasteiger partial charge in [0.05, 0.1) is 0 Å². The van der Waals surface area contributed by atoms with Gasteiger partial charge in [0.2, 0.25) is 0 Å². The zero-order chi connectivity index (χ0) is 20.6. The number of aryl methyl sites for hydroxylation is 1. The third-order valence-electron chi connectivity index (χ3n) is 4.62. The van der Waals surface area contributed by atoms with Crippen LogP contribution in [-0.4, -0.2) is 19.9 Å². The lowest BCUT2D eigenvalue weighted by Gasteiger charge is -2.08. The monoisotopic (exact) mass is 416 g/mol. The van der Waals surface area contributed by atoms with Crippen molar-refractivity contribution in [2.75, 3.05) is 0 Å². The van der Waals surface area contributed by atoms with Crippen molar-refractivity contribution in [3.8, 4) is 0 Å². The molecule has 0 radical (unpaired) electrons. The summed E-state index contributed by atoms with van der Waals surface area (Å²) < 4.78 is 37.9. The minimum absolute atomic E-state index is 0.349. The molecule has 0 spiro atoms. The smallest absolute Gasteiger partial charge is 0.346 e. The van der Waals surface area contributed by atoms with E-state index in [1.807, 2.05) is 31.5 Å². The first kappa shape index (κ1) is 19.4. The van der Waals surface area contributed by atoms with E-state index in [0.717, 1.165) is 33.8 Å². The molecule has 148 valence electrons. The number of hydrogen-bond acceptors (Lipinski definition) is 3. The van der Waals surface area contributed by atoms with Crippen molar-refractivity contribution in [3.63, 3.8) is 0 Å². The molecule has 8 heteroatoms. The maximum absolute atomic E-state index is 12.6. The zero-order valence-electron chi connectivity index (χ0n) is 15.4. The van der Waals surface area contributed by atoms with Crippen molar-refractivity contribution in [2.45, 2.75) is 25.9 Å². The molecule has 0 unspecified atom stereocenters. The van der Waals surface area contributed by atoms with Crippen molar-refractivity contribution >= 4 is 22.6 Å². The van der Waals surface area contributed by atoms with E-state index in [1.165, 1.54) is 12.3 Å². The molecule has 4 aromatic rings. The highest BCUT2D eigenvalue weighted by Gasteiger charge is 2.32. The number of pyridine rings is 3. The fourth-order valence-corrected chi connectivity index (χ4v) is 3.39.